The Kier molecular flexibility index (Phi) is 4.43. The number of amides is 1. The SMILES string of the molecule is CCC(C)(CCO)NC(=O)c1cc([N+](=O)[O-])c[nH]1. The molecule has 1 aromatic heterocycles. The van der Waals surface area contributed by atoms with Gasteiger partial charge < -0.3 is 15.4 Å². The molecule has 18 heavy (non-hydrogen) atoms. The Morgan fingerprint density at radius 1 is 1.67 bits per heavy atom. The predicted molar refractivity (Wildman–Crippen MR) is 65.3 cm³/mol. The summed E-state index contributed by atoms with van der Waals surface area (Å²) in [7, 11) is 0. The summed E-state index contributed by atoms with van der Waals surface area (Å²) < 4.78 is 0. The summed E-state index contributed by atoms with van der Waals surface area (Å²) in [5, 5.41) is 22.2. The van der Waals surface area contributed by atoms with Crippen LogP contribution in [0.15, 0.2) is 12.3 Å². The molecule has 0 radical (unpaired) electrons. The highest BCUT2D eigenvalue weighted by molar-refractivity contribution is 5.93. The molecule has 1 atom stereocenters. The van der Waals surface area contributed by atoms with Crippen molar-refractivity contribution in [1.82, 2.24) is 10.3 Å². The van der Waals surface area contributed by atoms with E-state index in [1.54, 1.807) is 0 Å². The first-order valence-corrected chi connectivity index (χ1v) is 5.68. The molecule has 0 spiro atoms. The Hall–Kier alpha value is -1.89. The van der Waals surface area contributed by atoms with Gasteiger partial charge in [0.2, 0.25) is 0 Å². The van der Waals surface area contributed by atoms with Crippen molar-refractivity contribution >= 4 is 11.6 Å². The van der Waals surface area contributed by atoms with E-state index < -0.39 is 16.4 Å². The molecule has 0 aliphatic rings. The van der Waals surface area contributed by atoms with E-state index in [4.69, 9.17) is 5.11 Å². The minimum atomic E-state index is -0.569. The fourth-order valence-corrected chi connectivity index (χ4v) is 1.54. The average Bonchev–Trinajstić information content (AvgIpc) is 2.78. The first kappa shape index (κ1) is 14.2. The van der Waals surface area contributed by atoms with E-state index in [-0.39, 0.29) is 18.0 Å². The van der Waals surface area contributed by atoms with E-state index in [1.807, 2.05) is 13.8 Å². The average molecular weight is 255 g/mol. The maximum Gasteiger partial charge on any atom is 0.287 e. The van der Waals surface area contributed by atoms with Crippen LogP contribution in [0.4, 0.5) is 5.69 Å². The number of hydrogen-bond donors (Lipinski definition) is 3. The number of nitrogens with one attached hydrogen (secondary N) is 2. The molecule has 100 valence electrons. The number of hydrogen-bond acceptors (Lipinski definition) is 4. The van der Waals surface area contributed by atoms with Crippen LogP contribution in [0.2, 0.25) is 0 Å². The first-order valence-electron chi connectivity index (χ1n) is 5.68. The van der Waals surface area contributed by atoms with Crippen LogP contribution in [-0.4, -0.2) is 33.1 Å². The van der Waals surface area contributed by atoms with E-state index in [9.17, 15) is 14.9 Å². The van der Waals surface area contributed by atoms with Gasteiger partial charge in [0.25, 0.3) is 11.6 Å². The zero-order chi connectivity index (χ0) is 13.8. The van der Waals surface area contributed by atoms with Gasteiger partial charge in [-0.3, -0.25) is 14.9 Å². The summed E-state index contributed by atoms with van der Waals surface area (Å²) in [6, 6.07) is 1.18. The number of aliphatic hydroxyl groups is 1. The Morgan fingerprint density at radius 3 is 2.78 bits per heavy atom. The zero-order valence-electron chi connectivity index (χ0n) is 10.4. The number of nitro groups is 1. The zero-order valence-corrected chi connectivity index (χ0v) is 10.4. The maximum atomic E-state index is 11.9. The van der Waals surface area contributed by atoms with Gasteiger partial charge in [0.05, 0.1) is 11.1 Å². The first-order chi connectivity index (χ1) is 8.41. The van der Waals surface area contributed by atoms with Gasteiger partial charge in [0.1, 0.15) is 5.69 Å². The summed E-state index contributed by atoms with van der Waals surface area (Å²) in [5.41, 5.74) is -0.536. The van der Waals surface area contributed by atoms with E-state index in [0.29, 0.717) is 12.8 Å². The molecule has 0 saturated heterocycles. The molecule has 1 heterocycles. The fraction of sp³-hybridized carbons (Fsp3) is 0.545. The highest BCUT2D eigenvalue weighted by Gasteiger charge is 2.25. The quantitative estimate of drug-likeness (QED) is 0.524. The lowest BCUT2D eigenvalue weighted by Crippen LogP contribution is -2.46. The normalized spacial score (nSPS) is 13.9. The standard InChI is InChI=1S/C11H17N3O4/c1-3-11(2,4-5-15)13-10(16)9-6-8(7-12-9)14(17)18/h6-7,12,15H,3-5H2,1-2H3,(H,13,16). The van der Waals surface area contributed by atoms with Crippen molar-refractivity contribution in [3.05, 3.63) is 28.1 Å². The number of rotatable bonds is 6. The van der Waals surface area contributed by atoms with Gasteiger partial charge in [-0.25, -0.2) is 0 Å². The van der Waals surface area contributed by atoms with Gasteiger partial charge in [-0.2, -0.15) is 0 Å². The highest BCUT2D eigenvalue weighted by atomic mass is 16.6. The van der Waals surface area contributed by atoms with E-state index in [2.05, 4.69) is 10.3 Å². The highest BCUT2D eigenvalue weighted by Crippen LogP contribution is 2.17. The second-order valence-electron chi connectivity index (χ2n) is 4.37. The number of aromatic nitrogens is 1. The predicted octanol–water partition coefficient (Wildman–Crippen LogP) is 1.20. The van der Waals surface area contributed by atoms with Crippen LogP contribution in [0.5, 0.6) is 0 Å². The van der Waals surface area contributed by atoms with Gasteiger partial charge in [-0.05, 0) is 19.8 Å². The van der Waals surface area contributed by atoms with Gasteiger partial charge >= 0.3 is 0 Å². The molecular formula is C11H17N3O4. The summed E-state index contributed by atoms with van der Waals surface area (Å²) in [4.78, 5) is 24.4. The van der Waals surface area contributed by atoms with Crippen molar-refractivity contribution in [2.45, 2.75) is 32.2 Å². The third-order valence-corrected chi connectivity index (χ3v) is 2.98. The van der Waals surface area contributed by atoms with E-state index in [0.717, 1.165) is 0 Å². The number of aromatic amines is 1. The Morgan fingerprint density at radius 2 is 2.33 bits per heavy atom. The lowest BCUT2D eigenvalue weighted by Gasteiger charge is -2.28. The summed E-state index contributed by atoms with van der Waals surface area (Å²) in [6.07, 6.45) is 2.25. The Balaban J connectivity index is 2.77. The smallest absolute Gasteiger partial charge is 0.287 e. The van der Waals surface area contributed by atoms with Crippen LogP contribution in [0.1, 0.15) is 37.2 Å². The van der Waals surface area contributed by atoms with Gasteiger partial charge in [0, 0.05) is 18.2 Å². The minimum absolute atomic E-state index is 0.0322. The van der Waals surface area contributed by atoms with Crippen molar-refractivity contribution in [3.63, 3.8) is 0 Å². The molecule has 1 aromatic rings. The van der Waals surface area contributed by atoms with Gasteiger partial charge in [-0.1, -0.05) is 6.92 Å². The van der Waals surface area contributed by atoms with Crippen molar-refractivity contribution in [1.29, 1.82) is 0 Å². The molecule has 0 saturated carbocycles. The second-order valence-corrected chi connectivity index (χ2v) is 4.37. The second kappa shape index (κ2) is 5.63. The number of nitrogens with zero attached hydrogens (tertiary/aromatic N) is 1. The van der Waals surface area contributed by atoms with Crippen molar-refractivity contribution in [3.8, 4) is 0 Å². The van der Waals surface area contributed by atoms with Crippen molar-refractivity contribution in [2.75, 3.05) is 6.61 Å². The third-order valence-electron chi connectivity index (χ3n) is 2.98. The summed E-state index contributed by atoms with van der Waals surface area (Å²) in [6.45, 7) is 3.68. The summed E-state index contributed by atoms with van der Waals surface area (Å²) >= 11 is 0. The maximum absolute atomic E-state index is 11.9. The van der Waals surface area contributed by atoms with Gasteiger partial charge in [0.15, 0.2) is 0 Å². The topological polar surface area (TPSA) is 108 Å². The largest absolute Gasteiger partial charge is 0.396 e. The van der Waals surface area contributed by atoms with Crippen molar-refractivity contribution < 1.29 is 14.8 Å². The molecule has 0 aliphatic heterocycles. The van der Waals surface area contributed by atoms with Crippen LogP contribution >= 0.6 is 0 Å². The molecule has 3 N–H and O–H groups in total. The number of carbonyl (C=O) groups excluding carboxylic acids is 1. The van der Waals surface area contributed by atoms with Crippen LogP contribution in [0.3, 0.4) is 0 Å². The monoisotopic (exact) mass is 255 g/mol. The molecule has 1 unspecified atom stereocenters. The molecule has 0 aromatic carbocycles. The number of H-pyrrole nitrogens is 1. The molecule has 0 fully saturated rings. The Bertz CT molecular complexity index is 443. The third kappa shape index (κ3) is 3.30. The Labute approximate surface area is 104 Å². The molecule has 1 rings (SSSR count). The molecule has 7 nitrogen and oxygen atoms in total. The van der Waals surface area contributed by atoms with Crippen molar-refractivity contribution in [2.24, 2.45) is 0 Å². The lowest BCUT2D eigenvalue weighted by molar-refractivity contribution is -0.384. The minimum Gasteiger partial charge on any atom is -0.396 e. The van der Waals surface area contributed by atoms with Crippen LogP contribution in [0, 0.1) is 10.1 Å². The lowest BCUT2D eigenvalue weighted by atomic mass is 9.95. The molecule has 0 aliphatic carbocycles. The van der Waals surface area contributed by atoms with Gasteiger partial charge in [-0.15, -0.1) is 0 Å². The van der Waals surface area contributed by atoms with E-state index in [1.165, 1.54) is 12.3 Å². The molecule has 0 bridgehead atoms. The van der Waals surface area contributed by atoms with Crippen LogP contribution in [-0.2, 0) is 0 Å². The molecule has 1 amide bonds. The van der Waals surface area contributed by atoms with Crippen LogP contribution < -0.4 is 5.32 Å². The molecular weight excluding hydrogens is 238 g/mol. The number of carbonyl (C=O) groups is 1. The summed E-state index contributed by atoms with van der Waals surface area (Å²) in [5.74, 6) is -0.416. The number of aliphatic hydroxyl groups excluding tert-OH is 1. The molecule has 7 heteroatoms. The fourth-order valence-electron chi connectivity index (χ4n) is 1.54. The van der Waals surface area contributed by atoms with E-state index >= 15 is 0 Å². The van der Waals surface area contributed by atoms with Crippen LogP contribution in [0.25, 0.3) is 0 Å².